The molecule has 180 valence electrons. The molecule has 3 N–H and O–H groups in total. The van der Waals surface area contributed by atoms with Crippen LogP contribution in [0.25, 0.3) is 11.0 Å². The fourth-order valence-electron chi connectivity index (χ4n) is 3.48. The van der Waals surface area contributed by atoms with Gasteiger partial charge in [0, 0.05) is 30.1 Å². The van der Waals surface area contributed by atoms with Crippen molar-refractivity contribution in [2.75, 3.05) is 23.3 Å². The Morgan fingerprint density at radius 3 is 2.47 bits per heavy atom. The molecule has 0 bridgehead atoms. The highest BCUT2D eigenvalue weighted by atomic mass is 19.3. The van der Waals surface area contributed by atoms with E-state index in [1.54, 1.807) is 4.90 Å². The number of nitrogens with zero attached hydrogens (tertiary/aromatic N) is 3. The van der Waals surface area contributed by atoms with Gasteiger partial charge >= 0.3 is 17.8 Å². The van der Waals surface area contributed by atoms with Gasteiger partial charge < -0.3 is 19.7 Å². The molecule has 3 heterocycles. The topological polar surface area (TPSA) is 121 Å². The summed E-state index contributed by atoms with van der Waals surface area (Å²) in [6.45, 7) is 1.51. The molecule has 3 aromatic rings. The number of hydrogen-bond acceptors (Lipinski definition) is 6. The molecule has 1 aromatic carbocycles. The molecule has 0 saturated carbocycles. The van der Waals surface area contributed by atoms with Gasteiger partial charge in [-0.05, 0) is 13.0 Å². The Kier molecular flexibility index (Phi) is 5.75. The summed E-state index contributed by atoms with van der Waals surface area (Å²) in [6, 6.07) is -0.175. The summed E-state index contributed by atoms with van der Waals surface area (Å²) in [5.74, 6) is -8.52. The maximum Gasteiger partial charge on any atom is 0.322 e. The molecular formula is C20H16F5N5O4. The minimum absolute atomic E-state index is 0.0809. The van der Waals surface area contributed by atoms with Crippen molar-refractivity contribution in [1.29, 1.82) is 0 Å². The number of carboxylic acid groups (broad SMARTS) is 1. The van der Waals surface area contributed by atoms with Crippen molar-refractivity contribution in [3.05, 3.63) is 47.5 Å². The summed E-state index contributed by atoms with van der Waals surface area (Å²) < 4.78 is 75.2. The van der Waals surface area contributed by atoms with Gasteiger partial charge in [-0.15, -0.1) is 0 Å². The van der Waals surface area contributed by atoms with Crippen molar-refractivity contribution in [1.82, 2.24) is 15.3 Å². The Morgan fingerprint density at radius 2 is 1.88 bits per heavy atom. The van der Waals surface area contributed by atoms with Crippen LogP contribution < -0.4 is 15.5 Å². The molecule has 0 aliphatic carbocycles. The Bertz CT molecular complexity index is 1260. The van der Waals surface area contributed by atoms with Gasteiger partial charge in [0.25, 0.3) is 6.43 Å². The molecular weight excluding hydrogens is 469 g/mol. The number of alkyl halides is 3. The van der Waals surface area contributed by atoms with Crippen molar-refractivity contribution in [2.45, 2.75) is 19.1 Å². The normalized spacial score (nSPS) is 15.8. The molecule has 4 rings (SSSR count). The molecule has 1 saturated heterocycles. The Hall–Kier alpha value is -3.97. The number of halogens is 5. The maximum absolute atomic E-state index is 15.3. The third kappa shape index (κ3) is 4.06. The molecule has 2 aromatic heterocycles. The second-order valence-corrected chi connectivity index (χ2v) is 7.62. The third-order valence-electron chi connectivity index (χ3n) is 5.29. The van der Waals surface area contributed by atoms with E-state index in [2.05, 4.69) is 15.3 Å². The first-order valence-corrected chi connectivity index (χ1v) is 9.74. The van der Waals surface area contributed by atoms with E-state index in [0.717, 1.165) is 25.4 Å². The van der Waals surface area contributed by atoms with E-state index in [1.165, 1.54) is 5.32 Å². The van der Waals surface area contributed by atoms with E-state index in [-0.39, 0.29) is 35.7 Å². The van der Waals surface area contributed by atoms with Gasteiger partial charge in [-0.25, -0.2) is 36.7 Å². The minimum Gasteiger partial charge on any atom is -0.481 e. The lowest BCUT2D eigenvalue weighted by molar-refractivity contribution is -0.142. The van der Waals surface area contributed by atoms with Gasteiger partial charge in [-0.1, -0.05) is 0 Å². The summed E-state index contributed by atoms with van der Waals surface area (Å²) in [5, 5.41) is 12.2. The van der Waals surface area contributed by atoms with Crippen LogP contribution in [0.15, 0.2) is 28.9 Å². The van der Waals surface area contributed by atoms with Crippen LogP contribution in [0.3, 0.4) is 0 Å². The molecule has 1 aliphatic heterocycles. The molecule has 2 amide bonds. The minimum atomic E-state index is -3.87. The number of benzene rings is 1. The molecule has 1 unspecified atom stereocenters. The largest absolute Gasteiger partial charge is 0.481 e. The van der Waals surface area contributed by atoms with Crippen LogP contribution in [0.4, 0.5) is 38.4 Å². The smallest absolute Gasteiger partial charge is 0.322 e. The third-order valence-corrected chi connectivity index (χ3v) is 5.29. The van der Waals surface area contributed by atoms with E-state index in [1.807, 2.05) is 0 Å². The second-order valence-electron chi connectivity index (χ2n) is 7.62. The van der Waals surface area contributed by atoms with Crippen molar-refractivity contribution in [2.24, 2.45) is 5.92 Å². The number of aryl methyl sites for hydroxylation is 1. The zero-order valence-corrected chi connectivity index (χ0v) is 17.3. The predicted molar refractivity (Wildman–Crippen MR) is 107 cm³/mol. The quantitative estimate of drug-likeness (QED) is 0.361. The summed E-state index contributed by atoms with van der Waals surface area (Å²) in [5.41, 5.74) is -1.04. The van der Waals surface area contributed by atoms with E-state index in [4.69, 9.17) is 9.52 Å². The van der Waals surface area contributed by atoms with Gasteiger partial charge in [-0.2, -0.15) is 0 Å². The molecule has 0 spiro atoms. The van der Waals surface area contributed by atoms with Gasteiger partial charge in [-0.3, -0.25) is 10.1 Å². The van der Waals surface area contributed by atoms with Crippen molar-refractivity contribution >= 4 is 34.6 Å². The number of rotatable bonds is 6. The van der Waals surface area contributed by atoms with Gasteiger partial charge in [0.05, 0.1) is 24.0 Å². The highest BCUT2D eigenvalue weighted by Gasteiger charge is 2.49. The van der Waals surface area contributed by atoms with Crippen LogP contribution in [0.5, 0.6) is 0 Å². The molecule has 0 radical (unpaired) electrons. The zero-order chi connectivity index (χ0) is 24.8. The van der Waals surface area contributed by atoms with Crippen LogP contribution in [0.2, 0.25) is 0 Å². The fourth-order valence-corrected chi connectivity index (χ4v) is 3.48. The summed E-state index contributed by atoms with van der Waals surface area (Å²) >= 11 is 0. The number of hydrogen-bond donors (Lipinski definition) is 3. The number of aliphatic carboxylic acids is 1. The number of fused-ring (bicyclic) bond motifs is 1. The number of furan rings is 1. The van der Waals surface area contributed by atoms with E-state index in [9.17, 15) is 27.2 Å². The Morgan fingerprint density at radius 1 is 1.24 bits per heavy atom. The number of anilines is 2. The van der Waals surface area contributed by atoms with Crippen LogP contribution in [-0.2, 0) is 10.6 Å². The molecule has 1 aliphatic rings. The van der Waals surface area contributed by atoms with Crippen LogP contribution >= 0.6 is 0 Å². The maximum atomic E-state index is 15.3. The monoisotopic (exact) mass is 485 g/mol. The van der Waals surface area contributed by atoms with Gasteiger partial charge in [0.1, 0.15) is 5.82 Å². The SMILES string of the molecule is Cc1c(C(F)(NC(=O)Nc2cnc(N3CC(C(=O)O)C3)nc2)C(F)F)oc2c(F)cc(F)cc12. The number of carbonyl (C=O) groups is 2. The zero-order valence-electron chi connectivity index (χ0n) is 17.3. The Balaban J connectivity index is 1.51. The molecule has 1 atom stereocenters. The van der Waals surface area contributed by atoms with Crippen LogP contribution in [0, 0.1) is 24.5 Å². The molecule has 34 heavy (non-hydrogen) atoms. The second kappa shape index (κ2) is 8.43. The van der Waals surface area contributed by atoms with Crippen molar-refractivity contribution in [3.8, 4) is 0 Å². The lowest BCUT2D eigenvalue weighted by Gasteiger charge is -2.36. The Labute approximate surface area is 187 Å². The van der Waals surface area contributed by atoms with Crippen LogP contribution in [-0.4, -0.2) is 46.6 Å². The number of nitrogens with one attached hydrogen (secondary N) is 2. The summed E-state index contributed by atoms with van der Waals surface area (Å²) in [6.07, 6.45) is -1.61. The number of aromatic nitrogens is 2. The van der Waals surface area contributed by atoms with E-state index < -0.39 is 53.1 Å². The standard InChI is InChI=1S/C20H16F5N5O4/c1-8-12-2-10(21)3-13(22)14(12)34-15(8)20(25,17(23)24)29-19(33)28-11-4-26-18(27-5-11)30-6-9(7-30)16(31)32/h2-5,9,17H,6-7H2,1H3,(H,31,32)(H2,28,29,33). The van der Waals surface area contributed by atoms with E-state index in [0.29, 0.717) is 6.07 Å². The first kappa shape index (κ1) is 23.2. The number of carboxylic acids is 1. The predicted octanol–water partition coefficient (Wildman–Crippen LogP) is 3.54. The van der Waals surface area contributed by atoms with Crippen molar-refractivity contribution < 1.29 is 41.1 Å². The lowest BCUT2D eigenvalue weighted by Crippen LogP contribution is -2.51. The lowest BCUT2D eigenvalue weighted by atomic mass is 10.0. The number of urea groups is 1. The highest BCUT2D eigenvalue weighted by molar-refractivity contribution is 5.90. The molecule has 1 fully saturated rings. The average Bonchev–Trinajstić information content (AvgIpc) is 3.05. The summed E-state index contributed by atoms with van der Waals surface area (Å²) in [4.78, 5) is 32.6. The fraction of sp³-hybridized carbons (Fsp3) is 0.300. The number of amides is 2. The highest BCUT2D eigenvalue weighted by Crippen LogP contribution is 2.39. The van der Waals surface area contributed by atoms with Gasteiger partial charge in [0.2, 0.25) is 5.95 Å². The summed E-state index contributed by atoms with van der Waals surface area (Å²) in [7, 11) is 0. The number of carbonyl (C=O) groups excluding carboxylic acids is 1. The first-order chi connectivity index (χ1) is 16.0. The first-order valence-electron chi connectivity index (χ1n) is 9.74. The van der Waals surface area contributed by atoms with E-state index >= 15 is 4.39 Å². The molecule has 14 heteroatoms. The van der Waals surface area contributed by atoms with Crippen LogP contribution in [0.1, 0.15) is 11.3 Å². The average molecular weight is 485 g/mol. The van der Waals surface area contributed by atoms with Crippen molar-refractivity contribution in [3.63, 3.8) is 0 Å². The molecule has 9 nitrogen and oxygen atoms in total. The van der Waals surface area contributed by atoms with Gasteiger partial charge in [0.15, 0.2) is 17.2 Å².